The molecular formula is C15H20N2S. The van der Waals surface area contributed by atoms with Gasteiger partial charge in [0.05, 0.1) is 11.7 Å². The zero-order valence-electron chi connectivity index (χ0n) is 11.2. The molecule has 2 nitrogen and oxygen atoms in total. The molecule has 0 radical (unpaired) electrons. The second kappa shape index (κ2) is 6.12. The Labute approximate surface area is 113 Å². The first-order valence-corrected chi connectivity index (χ1v) is 7.32. The smallest absolute Gasteiger partial charge is 0.115 e. The van der Waals surface area contributed by atoms with Gasteiger partial charge in [0, 0.05) is 4.88 Å². The molecule has 1 unspecified atom stereocenters. The summed E-state index contributed by atoms with van der Waals surface area (Å²) in [5.41, 5.74) is 2.52. The first-order chi connectivity index (χ1) is 8.76. The molecule has 0 spiro atoms. The fourth-order valence-corrected chi connectivity index (χ4v) is 3.21. The number of aromatic nitrogens is 1. The van der Waals surface area contributed by atoms with Gasteiger partial charge in [0.25, 0.3) is 0 Å². The zero-order chi connectivity index (χ0) is 13.0. The Balaban J connectivity index is 2.35. The minimum Gasteiger partial charge on any atom is -0.305 e. The number of hydrogen-bond donors (Lipinski definition) is 1. The predicted octanol–water partition coefficient (Wildman–Crippen LogP) is 3.71. The van der Waals surface area contributed by atoms with Crippen molar-refractivity contribution in [2.24, 2.45) is 0 Å². The third-order valence-electron chi connectivity index (χ3n) is 3.03. The van der Waals surface area contributed by atoms with Crippen LogP contribution in [0.5, 0.6) is 0 Å². The fourth-order valence-electron chi connectivity index (χ4n) is 2.10. The lowest BCUT2D eigenvalue weighted by Crippen LogP contribution is -2.21. The molecule has 18 heavy (non-hydrogen) atoms. The number of thiazole rings is 1. The molecule has 0 fully saturated rings. The Kier molecular flexibility index (Phi) is 4.50. The largest absolute Gasteiger partial charge is 0.305 e. The monoisotopic (exact) mass is 260 g/mol. The molecule has 2 rings (SSSR count). The molecule has 0 bridgehead atoms. The molecule has 1 aromatic heterocycles. The van der Waals surface area contributed by atoms with Crippen molar-refractivity contribution in [1.29, 1.82) is 0 Å². The van der Waals surface area contributed by atoms with Crippen LogP contribution in [0.3, 0.4) is 0 Å². The summed E-state index contributed by atoms with van der Waals surface area (Å²) in [5, 5.41) is 4.71. The van der Waals surface area contributed by atoms with Crippen LogP contribution in [0, 0.1) is 6.92 Å². The van der Waals surface area contributed by atoms with Crippen molar-refractivity contribution in [3.05, 3.63) is 51.5 Å². The van der Waals surface area contributed by atoms with E-state index in [2.05, 4.69) is 56.4 Å². The van der Waals surface area contributed by atoms with Gasteiger partial charge in [-0.3, -0.25) is 0 Å². The quantitative estimate of drug-likeness (QED) is 0.886. The summed E-state index contributed by atoms with van der Waals surface area (Å²) in [4.78, 5) is 6.12. The summed E-state index contributed by atoms with van der Waals surface area (Å²) in [7, 11) is 0. The van der Waals surface area contributed by atoms with E-state index in [1.165, 1.54) is 21.1 Å². The molecule has 0 saturated heterocycles. The Morgan fingerprint density at radius 2 is 1.94 bits per heavy atom. The molecule has 3 heteroatoms. The maximum Gasteiger partial charge on any atom is 0.115 e. The van der Waals surface area contributed by atoms with E-state index in [0.717, 1.165) is 13.0 Å². The summed E-state index contributed by atoms with van der Waals surface area (Å²) in [5.74, 6) is 0. The molecule has 0 aliphatic heterocycles. The molecule has 0 amide bonds. The van der Waals surface area contributed by atoms with E-state index in [9.17, 15) is 0 Å². The summed E-state index contributed by atoms with van der Waals surface area (Å²) >= 11 is 1.81. The van der Waals surface area contributed by atoms with Crippen LogP contribution in [0.2, 0.25) is 0 Å². The number of nitrogens with one attached hydrogen (secondary N) is 1. The van der Waals surface area contributed by atoms with Crippen molar-refractivity contribution in [2.45, 2.75) is 33.2 Å². The van der Waals surface area contributed by atoms with Crippen LogP contribution in [0.1, 0.15) is 41.0 Å². The second-order valence-electron chi connectivity index (χ2n) is 4.31. The Hall–Kier alpha value is -1.19. The van der Waals surface area contributed by atoms with Crippen LogP contribution in [-0.2, 0) is 6.42 Å². The molecule has 1 atom stereocenters. The van der Waals surface area contributed by atoms with Gasteiger partial charge in [-0.25, -0.2) is 4.98 Å². The predicted molar refractivity (Wildman–Crippen MR) is 78.2 cm³/mol. The molecule has 1 N–H and O–H groups in total. The average molecular weight is 260 g/mol. The van der Waals surface area contributed by atoms with E-state index in [1.54, 1.807) is 0 Å². The van der Waals surface area contributed by atoms with E-state index in [4.69, 9.17) is 4.98 Å². The van der Waals surface area contributed by atoms with Crippen molar-refractivity contribution < 1.29 is 0 Å². The third-order valence-corrected chi connectivity index (χ3v) is 4.11. The molecule has 96 valence electrons. The standard InChI is InChI=1S/C15H20N2S/c1-4-13-11(3)18-15(17-13)14(16-5-2)12-9-7-6-8-10-12/h6-10,14,16H,4-5H2,1-3H3. The normalized spacial score (nSPS) is 12.6. The Bertz CT molecular complexity index is 490. The first kappa shape index (κ1) is 13.2. The fraction of sp³-hybridized carbons (Fsp3) is 0.400. The van der Waals surface area contributed by atoms with Gasteiger partial charge >= 0.3 is 0 Å². The maximum absolute atomic E-state index is 4.78. The summed E-state index contributed by atoms with van der Waals surface area (Å²) < 4.78 is 0. The topological polar surface area (TPSA) is 24.9 Å². The highest BCUT2D eigenvalue weighted by Gasteiger charge is 2.17. The Morgan fingerprint density at radius 3 is 2.50 bits per heavy atom. The molecule has 1 heterocycles. The molecule has 0 aliphatic rings. The van der Waals surface area contributed by atoms with E-state index in [-0.39, 0.29) is 6.04 Å². The van der Waals surface area contributed by atoms with E-state index in [0.29, 0.717) is 0 Å². The first-order valence-electron chi connectivity index (χ1n) is 6.50. The van der Waals surface area contributed by atoms with Crippen molar-refractivity contribution >= 4 is 11.3 Å². The highest BCUT2D eigenvalue weighted by Crippen LogP contribution is 2.28. The number of hydrogen-bond acceptors (Lipinski definition) is 3. The maximum atomic E-state index is 4.78. The average Bonchev–Trinajstić information content (AvgIpc) is 2.78. The van der Waals surface area contributed by atoms with Gasteiger partial charge in [-0.1, -0.05) is 44.2 Å². The van der Waals surface area contributed by atoms with Crippen LogP contribution in [0.4, 0.5) is 0 Å². The van der Waals surface area contributed by atoms with Crippen molar-refractivity contribution in [1.82, 2.24) is 10.3 Å². The lowest BCUT2D eigenvalue weighted by molar-refractivity contribution is 0.625. The molecule has 1 aromatic carbocycles. The van der Waals surface area contributed by atoms with Crippen LogP contribution in [0.15, 0.2) is 30.3 Å². The zero-order valence-corrected chi connectivity index (χ0v) is 12.1. The number of nitrogens with zero attached hydrogens (tertiary/aromatic N) is 1. The number of aryl methyl sites for hydroxylation is 2. The molecule has 0 aliphatic carbocycles. The highest BCUT2D eigenvalue weighted by atomic mass is 32.1. The third kappa shape index (κ3) is 2.79. The van der Waals surface area contributed by atoms with Crippen LogP contribution < -0.4 is 5.32 Å². The van der Waals surface area contributed by atoms with Gasteiger partial charge in [-0.05, 0) is 25.5 Å². The summed E-state index contributed by atoms with van der Waals surface area (Å²) in [6, 6.07) is 10.8. The van der Waals surface area contributed by atoms with Gasteiger partial charge < -0.3 is 5.32 Å². The molecule has 0 saturated carbocycles. The number of rotatable bonds is 5. The summed E-state index contributed by atoms with van der Waals surface area (Å²) in [6.07, 6.45) is 1.01. The van der Waals surface area contributed by atoms with Gasteiger partial charge in [0.15, 0.2) is 0 Å². The van der Waals surface area contributed by atoms with Crippen molar-refractivity contribution in [2.75, 3.05) is 6.54 Å². The minimum absolute atomic E-state index is 0.222. The Morgan fingerprint density at radius 1 is 1.22 bits per heavy atom. The SMILES string of the molecule is CCNC(c1ccccc1)c1nc(CC)c(C)s1. The highest BCUT2D eigenvalue weighted by molar-refractivity contribution is 7.11. The molecular weight excluding hydrogens is 240 g/mol. The lowest BCUT2D eigenvalue weighted by atomic mass is 10.1. The van der Waals surface area contributed by atoms with Gasteiger partial charge in [0.2, 0.25) is 0 Å². The van der Waals surface area contributed by atoms with E-state index in [1.807, 2.05) is 11.3 Å². The molecule has 2 aromatic rings. The van der Waals surface area contributed by atoms with Crippen molar-refractivity contribution in [3.8, 4) is 0 Å². The van der Waals surface area contributed by atoms with E-state index < -0.39 is 0 Å². The van der Waals surface area contributed by atoms with E-state index >= 15 is 0 Å². The summed E-state index contributed by atoms with van der Waals surface area (Å²) in [6.45, 7) is 7.40. The van der Waals surface area contributed by atoms with Gasteiger partial charge in [-0.2, -0.15) is 0 Å². The van der Waals surface area contributed by atoms with Crippen molar-refractivity contribution in [3.63, 3.8) is 0 Å². The van der Waals surface area contributed by atoms with Crippen LogP contribution in [-0.4, -0.2) is 11.5 Å². The van der Waals surface area contributed by atoms with Crippen LogP contribution in [0.25, 0.3) is 0 Å². The minimum atomic E-state index is 0.222. The van der Waals surface area contributed by atoms with Gasteiger partial charge in [0.1, 0.15) is 5.01 Å². The van der Waals surface area contributed by atoms with Gasteiger partial charge in [-0.15, -0.1) is 11.3 Å². The lowest BCUT2D eigenvalue weighted by Gasteiger charge is -2.15. The second-order valence-corrected chi connectivity index (χ2v) is 5.54. The number of benzene rings is 1. The van der Waals surface area contributed by atoms with Crippen LogP contribution >= 0.6 is 11.3 Å².